The van der Waals surface area contributed by atoms with Gasteiger partial charge < -0.3 is 19.9 Å². The molecule has 0 aromatic heterocycles. The fourth-order valence-corrected chi connectivity index (χ4v) is 5.01. The molecule has 8 nitrogen and oxygen atoms in total. The largest absolute Gasteiger partial charge is 0.418 e. The van der Waals surface area contributed by atoms with Crippen LogP contribution in [0.25, 0.3) is 0 Å². The number of benzene rings is 2. The van der Waals surface area contributed by atoms with E-state index >= 15 is 0 Å². The minimum absolute atomic E-state index is 0.120. The number of hydrogen-bond donors (Lipinski definition) is 3. The monoisotopic (exact) mass is 576 g/mol. The van der Waals surface area contributed by atoms with Crippen LogP contribution in [0.15, 0.2) is 42.5 Å². The second kappa shape index (κ2) is 12.1. The molecule has 3 N–H and O–H groups in total. The average Bonchev–Trinajstić information content (AvgIpc) is 2.91. The van der Waals surface area contributed by atoms with Crippen LogP contribution in [-0.2, 0) is 21.9 Å². The maximum absolute atomic E-state index is 13.3. The van der Waals surface area contributed by atoms with Crippen LogP contribution in [0.2, 0.25) is 0 Å². The molecule has 2 aliphatic rings. The molecule has 1 amide bonds. The zero-order chi connectivity index (χ0) is 29.1. The minimum atomic E-state index is -4.78. The molecular weight excluding hydrogens is 546 g/mol. The molecule has 0 radical (unpaired) electrons. The van der Waals surface area contributed by atoms with Crippen LogP contribution in [0.5, 0.6) is 0 Å². The van der Waals surface area contributed by atoms with E-state index in [1.54, 1.807) is 11.0 Å². The van der Waals surface area contributed by atoms with Gasteiger partial charge in [-0.15, -0.1) is 5.23 Å². The smallest absolute Gasteiger partial charge is 0.382 e. The zero-order valence-corrected chi connectivity index (χ0v) is 21.4. The number of carbonyl (C=O) groups excluding carboxylic acids is 1. The van der Waals surface area contributed by atoms with Gasteiger partial charge in [0.1, 0.15) is 12.3 Å². The quantitative estimate of drug-likeness (QED) is 0.301. The topological polar surface area (TPSA) is 88.5 Å². The molecule has 40 heavy (non-hydrogen) atoms. The summed E-state index contributed by atoms with van der Waals surface area (Å²) in [6, 6.07) is 8.10. The molecule has 0 unspecified atom stereocenters. The third-order valence-corrected chi connectivity index (χ3v) is 7.18. The summed E-state index contributed by atoms with van der Waals surface area (Å²) in [5.41, 5.74) is -2.03. The van der Waals surface area contributed by atoms with Crippen LogP contribution in [-0.4, -0.2) is 66.2 Å². The number of carbonyl (C=O) groups is 1. The van der Waals surface area contributed by atoms with Gasteiger partial charge >= 0.3 is 12.4 Å². The standard InChI is InChI=1S/C26H30F6N4O4/c27-25(28,29)17-2-1-3-20(14-17)34-10-12-35(13-11-34)24(37)16-40-21-7-4-18(5-8-21)33-19-6-9-23(36(38)39)22(15-19)26(30,31)32/h1-3,6,9,14-15,18,21,33,38-39H,4-5,7-8,10-13,16H2. The van der Waals surface area contributed by atoms with E-state index in [1.807, 2.05) is 4.90 Å². The summed E-state index contributed by atoms with van der Waals surface area (Å²) in [5.74, 6) is -0.203. The van der Waals surface area contributed by atoms with Crippen molar-refractivity contribution in [1.29, 1.82) is 0 Å². The van der Waals surface area contributed by atoms with E-state index < -0.39 is 34.4 Å². The first-order valence-corrected chi connectivity index (χ1v) is 12.8. The van der Waals surface area contributed by atoms with E-state index in [0.717, 1.165) is 24.3 Å². The maximum Gasteiger partial charge on any atom is 0.418 e. The third-order valence-electron chi connectivity index (χ3n) is 7.18. The molecule has 1 heterocycles. The van der Waals surface area contributed by atoms with Crippen molar-refractivity contribution in [1.82, 2.24) is 4.90 Å². The van der Waals surface area contributed by atoms with Crippen LogP contribution >= 0.6 is 0 Å². The molecule has 4 rings (SSSR count). The molecular formula is C26H30F6N4O4. The highest BCUT2D eigenvalue weighted by Gasteiger charge is 2.36. The summed E-state index contributed by atoms with van der Waals surface area (Å²) < 4.78 is 84.7. The Morgan fingerprint density at radius 1 is 0.925 bits per heavy atom. The number of hydrogen-bond acceptors (Lipinski definition) is 7. The van der Waals surface area contributed by atoms with Crippen molar-refractivity contribution in [3.63, 3.8) is 0 Å². The third kappa shape index (κ3) is 7.49. The van der Waals surface area contributed by atoms with Crippen molar-refractivity contribution in [2.24, 2.45) is 0 Å². The van der Waals surface area contributed by atoms with Gasteiger partial charge in [0, 0.05) is 43.6 Å². The Kier molecular flexibility index (Phi) is 9.00. The highest BCUT2D eigenvalue weighted by atomic mass is 19.4. The van der Waals surface area contributed by atoms with Crippen molar-refractivity contribution in [3.05, 3.63) is 53.6 Å². The fourth-order valence-electron chi connectivity index (χ4n) is 5.01. The summed E-state index contributed by atoms with van der Waals surface area (Å²) >= 11 is 0. The van der Waals surface area contributed by atoms with E-state index in [1.165, 1.54) is 12.1 Å². The molecule has 220 valence electrons. The first-order valence-electron chi connectivity index (χ1n) is 12.8. The van der Waals surface area contributed by atoms with Crippen molar-refractivity contribution in [3.8, 4) is 0 Å². The molecule has 2 aromatic carbocycles. The summed E-state index contributed by atoms with van der Waals surface area (Å²) in [5, 5.41) is 20.6. The van der Waals surface area contributed by atoms with Gasteiger partial charge in [-0.05, 0) is 62.1 Å². The zero-order valence-electron chi connectivity index (χ0n) is 21.4. The number of nitrogens with one attached hydrogen (secondary N) is 1. The van der Waals surface area contributed by atoms with Crippen LogP contribution in [0.3, 0.4) is 0 Å². The maximum atomic E-state index is 13.3. The Balaban J connectivity index is 1.20. The fraction of sp³-hybridized carbons (Fsp3) is 0.500. The number of halogens is 6. The molecule has 1 aliphatic carbocycles. The van der Waals surface area contributed by atoms with Crippen LogP contribution < -0.4 is 15.4 Å². The normalized spacial score (nSPS) is 20.4. The van der Waals surface area contributed by atoms with Gasteiger partial charge in [-0.3, -0.25) is 15.2 Å². The number of anilines is 3. The number of alkyl halides is 6. The summed E-state index contributed by atoms with van der Waals surface area (Å²) in [6.07, 6.45) is -6.99. The van der Waals surface area contributed by atoms with Crippen LogP contribution in [0.1, 0.15) is 36.8 Å². The van der Waals surface area contributed by atoms with Crippen molar-refractivity contribution in [2.45, 2.75) is 50.2 Å². The van der Waals surface area contributed by atoms with Crippen LogP contribution in [0, 0.1) is 0 Å². The molecule has 1 saturated carbocycles. The van der Waals surface area contributed by atoms with Gasteiger partial charge in [0.2, 0.25) is 5.91 Å². The Hall–Kier alpha value is -3.23. The molecule has 2 aromatic rings. The molecule has 2 fully saturated rings. The highest BCUT2D eigenvalue weighted by molar-refractivity contribution is 5.77. The van der Waals surface area contributed by atoms with Crippen molar-refractivity contribution >= 4 is 23.0 Å². The van der Waals surface area contributed by atoms with Gasteiger partial charge in [-0.2, -0.15) is 26.3 Å². The van der Waals surface area contributed by atoms with Crippen molar-refractivity contribution in [2.75, 3.05) is 48.2 Å². The Bertz CT molecular complexity index is 1160. The average molecular weight is 577 g/mol. The second-order valence-electron chi connectivity index (χ2n) is 9.86. The summed E-state index contributed by atoms with van der Waals surface area (Å²) in [6.45, 7) is 1.39. The van der Waals surface area contributed by atoms with Crippen LogP contribution in [0.4, 0.5) is 43.4 Å². The molecule has 1 aliphatic heterocycles. The summed E-state index contributed by atoms with van der Waals surface area (Å²) in [4.78, 5) is 16.1. The van der Waals surface area contributed by atoms with Gasteiger partial charge in [0.15, 0.2) is 0 Å². The van der Waals surface area contributed by atoms with E-state index in [2.05, 4.69) is 5.32 Å². The first-order chi connectivity index (χ1) is 18.8. The molecule has 1 saturated heterocycles. The van der Waals surface area contributed by atoms with E-state index in [0.29, 0.717) is 57.5 Å². The predicted molar refractivity (Wildman–Crippen MR) is 133 cm³/mol. The van der Waals surface area contributed by atoms with Gasteiger partial charge in [-0.1, -0.05) is 6.07 Å². The number of piperazine rings is 1. The van der Waals surface area contributed by atoms with E-state index in [9.17, 15) is 31.1 Å². The number of nitrogens with zero attached hydrogens (tertiary/aromatic N) is 3. The van der Waals surface area contributed by atoms with Gasteiger partial charge in [0.05, 0.1) is 17.2 Å². The first kappa shape index (κ1) is 29.7. The SMILES string of the molecule is O=C(COC1CCC(Nc2ccc(N(O)O)c(C(F)(F)F)c2)CC1)N1CCN(c2cccc(C(F)(F)F)c2)CC1. The number of amides is 1. The Morgan fingerprint density at radius 2 is 1.60 bits per heavy atom. The molecule has 0 atom stereocenters. The summed E-state index contributed by atoms with van der Waals surface area (Å²) in [7, 11) is 0. The lowest BCUT2D eigenvalue weighted by Gasteiger charge is -2.36. The Labute approximate surface area is 226 Å². The van der Waals surface area contributed by atoms with Crippen molar-refractivity contribution < 1.29 is 46.3 Å². The highest BCUT2D eigenvalue weighted by Crippen LogP contribution is 2.38. The molecule has 14 heteroatoms. The predicted octanol–water partition coefficient (Wildman–Crippen LogP) is 5.40. The van der Waals surface area contributed by atoms with Gasteiger partial charge in [0.25, 0.3) is 0 Å². The van der Waals surface area contributed by atoms with E-state index in [-0.39, 0.29) is 30.3 Å². The van der Waals surface area contributed by atoms with E-state index in [4.69, 9.17) is 15.2 Å². The second-order valence-corrected chi connectivity index (χ2v) is 9.86. The lowest BCUT2D eigenvalue weighted by Crippen LogP contribution is -2.50. The lowest BCUT2D eigenvalue weighted by molar-refractivity contribution is -0.139. The molecule has 0 spiro atoms. The molecule has 0 bridgehead atoms. The Morgan fingerprint density at radius 3 is 2.20 bits per heavy atom. The lowest BCUT2D eigenvalue weighted by atomic mass is 9.92. The van der Waals surface area contributed by atoms with Gasteiger partial charge in [-0.25, -0.2) is 0 Å². The minimum Gasteiger partial charge on any atom is -0.382 e. The number of ether oxygens (including phenoxy) is 1. The number of rotatable bonds is 7.